The highest BCUT2D eigenvalue weighted by Crippen LogP contribution is 2.31. The molecule has 16 heavy (non-hydrogen) atoms. The maximum atomic E-state index is 9.91. The van der Waals surface area contributed by atoms with Gasteiger partial charge in [0, 0.05) is 18.3 Å². The molecule has 1 aliphatic heterocycles. The van der Waals surface area contributed by atoms with Crippen molar-refractivity contribution < 1.29 is 5.11 Å². The number of anilines is 1. The summed E-state index contributed by atoms with van der Waals surface area (Å²) in [6.45, 7) is 5.12. The topological polar surface area (TPSA) is 23.5 Å². The van der Waals surface area contributed by atoms with E-state index in [4.69, 9.17) is 0 Å². The largest absolute Gasteiger partial charge is 0.391 e. The zero-order chi connectivity index (χ0) is 11.5. The lowest BCUT2D eigenvalue weighted by Crippen LogP contribution is -2.36. The summed E-state index contributed by atoms with van der Waals surface area (Å²) in [5.74, 6) is 0. The quantitative estimate of drug-likeness (QED) is 0.841. The third kappa shape index (κ3) is 2.22. The van der Waals surface area contributed by atoms with Crippen LogP contribution >= 0.6 is 0 Å². The van der Waals surface area contributed by atoms with E-state index in [2.05, 4.69) is 43.0 Å². The van der Waals surface area contributed by atoms with Crippen molar-refractivity contribution in [3.63, 3.8) is 0 Å². The smallest absolute Gasteiger partial charge is 0.0715 e. The standard InChI is InChI=1S/C14H21NO/c1-3-6-13(16)10-15-11(2)9-12-7-4-5-8-14(12)15/h4-5,7-8,11,13,16H,3,6,9-10H2,1-2H3. The first-order chi connectivity index (χ1) is 7.72. The molecule has 0 spiro atoms. The van der Waals surface area contributed by atoms with Crippen LogP contribution in [0.4, 0.5) is 5.69 Å². The molecular weight excluding hydrogens is 198 g/mol. The Bertz CT molecular complexity index is 350. The summed E-state index contributed by atoms with van der Waals surface area (Å²) in [5, 5.41) is 9.91. The monoisotopic (exact) mass is 219 g/mol. The fourth-order valence-electron chi connectivity index (χ4n) is 2.56. The summed E-state index contributed by atoms with van der Waals surface area (Å²) in [6, 6.07) is 9.05. The Labute approximate surface area is 97.9 Å². The Balaban J connectivity index is 2.10. The Morgan fingerprint density at radius 3 is 2.94 bits per heavy atom. The van der Waals surface area contributed by atoms with Gasteiger partial charge in [0.15, 0.2) is 0 Å². The third-order valence-electron chi connectivity index (χ3n) is 3.38. The Morgan fingerprint density at radius 2 is 2.19 bits per heavy atom. The molecule has 2 rings (SSSR count). The van der Waals surface area contributed by atoms with Gasteiger partial charge in [0.05, 0.1) is 6.10 Å². The van der Waals surface area contributed by atoms with Crippen LogP contribution < -0.4 is 4.90 Å². The number of hydrogen-bond donors (Lipinski definition) is 1. The molecule has 2 nitrogen and oxygen atoms in total. The van der Waals surface area contributed by atoms with E-state index < -0.39 is 0 Å². The first-order valence-electron chi connectivity index (χ1n) is 6.25. The molecule has 0 aromatic heterocycles. The van der Waals surface area contributed by atoms with E-state index in [0.29, 0.717) is 6.04 Å². The molecule has 0 saturated heterocycles. The van der Waals surface area contributed by atoms with Gasteiger partial charge in [-0.25, -0.2) is 0 Å². The molecule has 1 aromatic carbocycles. The van der Waals surface area contributed by atoms with Gasteiger partial charge in [-0.2, -0.15) is 0 Å². The summed E-state index contributed by atoms with van der Waals surface area (Å²) in [4.78, 5) is 2.34. The number of nitrogens with zero attached hydrogens (tertiary/aromatic N) is 1. The Kier molecular flexibility index (Phi) is 3.49. The van der Waals surface area contributed by atoms with E-state index in [1.54, 1.807) is 0 Å². The second kappa shape index (κ2) is 4.88. The molecule has 1 heterocycles. The second-order valence-electron chi connectivity index (χ2n) is 4.78. The first kappa shape index (κ1) is 11.5. The van der Waals surface area contributed by atoms with Crippen LogP contribution in [-0.2, 0) is 6.42 Å². The summed E-state index contributed by atoms with van der Waals surface area (Å²) >= 11 is 0. The molecule has 0 amide bonds. The lowest BCUT2D eigenvalue weighted by atomic mass is 10.1. The van der Waals surface area contributed by atoms with Crippen LogP contribution in [0.5, 0.6) is 0 Å². The highest BCUT2D eigenvalue weighted by molar-refractivity contribution is 5.59. The number of aliphatic hydroxyl groups excluding tert-OH is 1. The van der Waals surface area contributed by atoms with Crippen LogP contribution in [-0.4, -0.2) is 23.8 Å². The molecule has 0 aliphatic carbocycles. The third-order valence-corrected chi connectivity index (χ3v) is 3.38. The van der Waals surface area contributed by atoms with E-state index >= 15 is 0 Å². The minimum atomic E-state index is -0.196. The van der Waals surface area contributed by atoms with Gasteiger partial charge in [-0.15, -0.1) is 0 Å². The SMILES string of the molecule is CCCC(O)CN1c2ccccc2CC1C. The molecule has 1 aliphatic rings. The summed E-state index contributed by atoms with van der Waals surface area (Å²) in [6.07, 6.45) is 2.85. The minimum absolute atomic E-state index is 0.196. The zero-order valence-electron chi connectivity index (χ0n) is 10.2. The summed E-state index contributed by atoms with van der Waals surface area (Å²) in [5.41, 5.74) is 2.73. The van der Waals surface area contributed by atoms with E-state index in [0.717, 1.165) is 25.8 Å². The minimum Gasteiger partial charge on any atom is -0.391 e. The highest BCUT2D eigenvalue weighted by Gasteiger charge is 2.26. The summed E-state index contributed by atoms with van der Waals surface area (Å²) < 4.78 is 0. The van der Waals surface area contributed by atoms with Crippen molar-refractivity contribution in [2.24, 2.45) is 0 Å². The molecule has 1 N–H and O–H groups in total. The lowest BCUT2D eigenvalue weighted by Gasteiger charge is -2.27. The molecule has 88 valence electrons. The van der Waals surface area contributed by atoms with Crippen LogP contribution in [0.2, 0.25) is 0 Å². The first-order valence-corrected chi connectivity index (χ1v) is 6.25. The number of hydrogen-bond acceptors (Lipinski definition) is 2. The Hall–Kier alpha value is -1.02. The van der Waals surface area contributed by atoms with Crippen LogP contribution in [0.15, 0.2) is 24.3 Å². The van der Waals surface area contributed by atoms with E-state index in [-0.39, 0.29) is 6.10 Å². The number of para-hydroxylation sites is 1. The molecule has 0 fully saturated rings. The van der Waals surface area contributed by atoms with Crippen molar-refractivity contribution in [1.82, 2.24) is 0 Å². The predicted octanol–water partition coefficient (Wildman–Crippen LogP) is 2.60. The van der Waals surface area contributed by atoms with Crippen molar-refractivity contribution in [3.05, 3.63) is 29.8 Å². The number of benzene rings is 1. The highest BCUT2D eigenvalue weighted by atomic mass is 16.3. The molecule has 0 radical (unpaired) electrons. The van der Waals surface area contributed by atoms with E-state index in [1.807, 2.05) is 0 Å². The molecule has 2 heteroatoms. The van der Waals surface area contributed by atoms with Gasteiger partial charge in [-0.05, 0) is 31.4 Å². The normalized spacial score (nSPS) is 20.9. The Morgan fingerprint density at radius 1 is 1.44 bits per heavy atom. The molecule has 2 unspecified atom stereocenters. The van der Waals surface area contributed by atoms with Gasteiger partial charge < -0.3 is 10.0 Å². The van der Waals surface area contributed by atoms with Crippen LogP contribution in [0, 0.1) is 0 Å². The van der Waals surface area contributed by atoms with Gasteiger partial charge >= 0.3 is 0 Å². The van der Waals surface area contributed by atoms with Gasteiger partial charge in [0.25, 0.3) is 0 Å². The summed E-state index contributed by atoms with van der Waals surface area (Å²) in [7, 11) is 0. The van der Waals surface area contributed by atoms with Crippen molar-refractivity contribution in [2.75, 3.05) is 11.4 Å². The van der Waals surface area contributed by atoms with Crippen LogP contribution in [0.1, 0.15) is 32.3 Å². The van der Waals surface area contributed by atoms with Crippen molar-refractivity contribution >= 4 is 5.69 Å². The maximum absolute atomic E-state index is 9.91. The molecule has 0 saturated carbocycles. The number of rotatable bonds is 4. The average Bonchev–Trinajstić information content (AvgIpc) is 2.56. The van der Waals surface area contributed by atoms with Crippen molar-refractivity contribution in [2.45, 2.75) is 45.3 Å². The molecular formula is C14H21NO. The maximum Gasteiger partial charge on any atom is 0.0715 e. The van der Waals surface area contributed by atoms with Gasteiger partial charge in [0.2, 0.25) is 0 Å². The van der Waals surface area contributed by atoms with Gasteiger partial charge in [-0.3, -0.25) is 0 Å². The number of aliphatic hydroxyl groups is 1. The van der Waals surface area contributed by atoms with Crippen molar-refractivity contribution in [1.29, 1.82) is 0 Å². The van der Waals surface area contributed by atoms with E-state index in [9.17, 15) is 5.11 Å². The van der Waals surface area contributed by atoms with Gasteiger partial charge in [0.1, 0.15) is 0 Å². The van der Waals surface area contributed by atoms with Gasteiger partial charge in [-0.1, -0.05) is 31.5 Å². The van der Waals surface area contributed by atoms with Crippen LogP contribution in [0.3, 0.4) is 0 Å². The number of β-amino-alcohol motifs (C(OH)–C–C–N with tert-alkyl or cyclic N) is 1. The molecule has 2 atom stereocenters. The van der Waals surface area contributed by atoms with E-state index in [1.165, 1.54) is 11.3 Å². The molecule has 0 bridgehead atoms. The second-order valence-corrected chi connectivity index (χ2v) is 4.78. The molecule has 1 aromatic rings. The fraction of sp³-hybridized carbons (Fsp3) is 0.571. The predicted molar refractivity (Wildman–Crippen MR) is 67.9 cm³/mol. The van der Waals surface area contributed by atoms with Crippen molar-refractivity contribution in [3.8, 4) is 0 Å². The zero-order valence-corrected chi connectivity index (χ0v) is 10.2. The number of fused-ring (bicyclic) bond motifs is 1. The average molecular weight is 219 g/mol. The lowest BCUT2D eigenvalue weighted by molar-refractivity contribution is 0.167. The fourth-order valence-corrected chi connectivity index (χ4v) is 2.56. The van der Waals surface area contributed by atoms with Crippen LogP contribution in [0.25, 0.3) is 0 Å².